The third kappa shape index (κ3) is 4.71. The molecular weight excluding hydrogens is 283 g/mol. The van der Waals surface area contributed by atoms with E-state index in [1.165, 1.54) is 24.3 Å². The first-order valence-corrected chi connectivity index (χ1v) is 7.23. The molecule has 0 radical (unpaired) electrons. The Balaban J connectivity index is 2.69. The predicted molar refractivity (Wildman–Crippen MR) is 63.6 cm³/mol. The van der Waals surface area contributed by atoms with Gasteiger partial charge in [-0.15, -0.1) is 0 Å². The van der Waals surface area contributed by atoms with Gasteiger partial charge in [0.1, 0.15) is 18.3 Å². The van der Waals surface area contributed by atoms with Gasteiger partial charge in [-0.1, -0.05) is 0 Å². The van der Waals surface area contributed by atoms with Gasteiger partial charge in [-0.2, -0.15) is 13.2 Å². The van der Waals surface area contributed by atoms with E-state index in [9.17, 15) is 21.6 Å². The second-order valence-electron chi connectivity index (χ2n) is 4.03. The zero-order valence-electron chi connectivity index (χ0n) is 10.1. The highest BCUT2D eigenvalue weighted by molar-refractivity contribution is 7.90. The highest BCUT2D eigenvalue weighted by Crippen LogP contribution is 2.26. The molecule has 4 nitrogen and oxygen atoms in total. The van der Waals surface area contributed by atoms with Crippen LogP contribution in [-0.4, -0.2) is 34.0 Å². The normalized spacial score (nSPS) is 14.2. The van der Waals surface area contributed by atoms with Crippen molar-refractivity contribution in [3.05, 3.63) is 24.3 Å². The molecule has 0 aliphatic rings. The molecule has 0 heterocycles. The molecule has 19 heavy (non-hydrogen) atoms. The highest BCUT2D eigenvalue weighted by atomic mass is 32.2. The largest absolute Gasteiger partial charge is 0.493 e. The van der Waals surface area contributed by atoms with Gasteiger partial charge < -0.3 is 10.5 Å². The van der Waals surface area contributed by atoms with Crippen molar-refractivity contribution in [2.75, 3.05) is 19.4 Å². The second-order valence-corrected chi connectivity index (χ2v) is 6.04. The van der Waals surface area contributed by atoms with Crippen LogP contribution in [0.1, 0.15) is 0 Å². The number of sulfone groups is 1. The van der Waals surface area contributed by atoms with Gasteiger partial charge in [0.25, 0.3) is 0 Å². The Morgan fingerprint density at radius 1 is 1.26 bits per heavy atom. The lowest BCUT2D eigenvalue weighted by molar-refractivity contribution is -0.178. The van der Waals surface area contributed by atoms with Crippen LogP contribution in [0.3, 0.4) is 0 Å². The van der Waals surface area contributed by atoms with Crippen molar-refractivity contribution in [3.63, 3.8) is 0 Å². The van der Waals surface area contributed by atoms with Gasteiger partial charge in [-0.3, -0.25) is 0 Å². The fraction of sp³-hybridized carbons (Fsp3) is 0.455. The number of ether oxygens (including phenoxy) is 1. The van der Waals surface area contributed by atoms with Crippen LogP contribution < -0.4 is 10.5 Å². The molecule has 8 heteroatoms. The molecule has 108 valence electrons. The lowest BCUT2D eigenvalue weighted by atomic mass is 10.1. The van der Waals surface area contributed by atoms with Crippen LogP contribution in [0.15, 0.2) is 29.2 Å². The summed E-state index contributed by atoms with van der Waals surface area (Å²) >= 11 is 0. The lowest BCUT2D eigenvalue weighted by Crippen LogP contribution is -2.35. The van der Waals surface area contributed by atoms with Crippen molar-refractivity contribution >= 4 is 9.84 Å². The molecule has 0 aliphatic carbocycles. The van der Waals surface area contributed by atoms with Crippen molar-refractivity contribution in [3.8, 4) is 5.75 Å². The molecule has 0 aliphatic heterocycles. The number of hydrogen-bond acceptors (Lipinski definition) is 4. The third-order valence-corrected chi connectivity index (χ3v) is 3.58. The molecule has 0 aromatic heterocycles. The molecule has 0 amide bonds. The number of rotatable bonds is 5. The number of alkyl halides is 3. The van der Waals surface area contributed by atoms with Gasteiger partial charge in [0.15, 0.2) is 9.84 Å². The first-order chi connectivity index (χ1) is 8.64. The summed E-state index contributed by atoms with van der Waals surface area (Å²) in [4.78, 5) is 0.0750. The van der Waals surface area contributed by atoms with E-state index in [1.54, 1.807) is 0 Å². The number of halogens is 3. The highest BCUT2D eigenvalue weighted by Gasteiger charge is 2.39. The van der Waals surface area contributed by atoms with Gasteiger partial charge in [0.05, 0.1) is 4.90 Å². The second kappa shape index (κ2) is 5.79. The first kappa shape index (κ1) is 15.8. The maximum absolute atomic E-state index is 12.4. The van der Waals surface area contributed by atoms with E-state index in [2.05, 4.69) is 0 Å². The van der Waals surface area contributed by atoms with Gasteiger partial charge in [-0.05, 0) is 24.3 Å². The van der Waals surface area contributed by atoms with E-state index in [1.807, 2.05) is 0 Å². The molecule has 1 unspecified atom stereocenters. The minimum Gasteiger partial charge on any atom is -0.493 e. The summed E-state index contributed by atoms with van der Waals surface area (Å²) in [5.41, 5.74) is 5.02. The predicted octanol–water partition coefficient (Wildman–Crippen LogP) is 1.61. The number of benzene rings is 1. The molecule has 0 fully saturated rings. The molecule has 1 aromatic carbocycles. The smallest absolute Gasteiger partial charge is 0.396 e. The third-order valence-electron chi connectivity index (χ3n) is 2.45. The number of hydrogen-bond donors (Lipinski definition) is 1. The van der Waals surface area contributed by atoms with Crippen LogP contribution in [0.4, 0.5) is 13.2 Å². The summed E-state index contributed by atoms with van der Waals surface area (Å²) < 4.78 is 64.5. The summed E-state index contributed by atoms with van der Waals surface area (Å²) in [7, 11) is -3.33. The first-order valence-electron chi connectivity index (χ1n) is 5.34. The average molecular weight is 297 g/mol. The van der Waals surface area contributed by atoms with E-state index in [0.717, 1.165) is 6.26 Å². The summed E-state index contributed by atoms with van der Waals surface area (Å²) in [5.74, 6) is -1.59. The molecule has 1 rings (SSSR count). The summed E-state index contributed by atoms with van der Waals surface area (Å²) in [6, 6.07) is 5.16. The standard InChI is InChI=1S/C11H14F3NO3S/c1-19(16,17)10-4-2-9(3-5-10)18-7-8(6-15)11(12,13)14/h2-5,8H,6-7,15H2,1H3. The van der Waals surface area contributed by atoms with Crippen LogP contribution >= 0.6 is 0 Å². The molecule has 2 N–H and O–H groups in total. The monoisotopic (exact) mass is 297 g/mol. The fourth-order valence-electron chi connectivity index (χ4n) is 1.28. The van der Waals surface area contributed by atoms with Crippen molar-refractivity contribution in [2.45, 2.75) is 11.1 Å². The molecule has 0 saturated carbocycles. The Kier molecular flexibility index (Phi) is 4.81. The van der Waals surface area contributed by atoms with Crippen LogP contribution in [0.25, 0.3) is 0 Å². The minimum absolute atomic E-state index is 0.0750. The molecule has 1 atom stereocenters. The van der Waals surface area contributed by atoms with Crippen molar-refractivity contribution in [1.29, 1.82) is 0 Å². The van der Waals surface area contributed by atoms with Crippen molar-refractivity contribution in [1.82, 2.24) is 0 Å². The zero-order chi connectivity index (χ0) is 14.7. The van der Waals surface area contributed by atoms with Crippen LogP contribution in [-0.2, 0) is 9.84 Å². The van der Waals surface area contributed by atoms with Gasteiger partial charge in [-0.25, -0.2) is 8.42 Å². The van der Waals surface area contributed by atoms with Crippen molar-refractivity contribution in [2.24, 2.45) is 11.7 Å². The minimum atomic E-state index is -4.42. The molecule has 0 spiro atoms. The maximum atomic E-state index is 12.4. The molecular formula is C11H14F3NO3S. The summed E-state index contributed by atoms with van der Waals surface area (Å²) in [5, 5.41) is 0. The van der Waals surface area contributed by atoms with E-state index < -0.39 is 35.1 Å². The van der Waals surface area contributed by atoms with Gasteiger partial charge in [0, 0.05) is 12.8 Å². The van der Waals surface area contributed by atoms with Gasteiger partial charge >= 0.3 is 6.18 Å². The summed E-state index contributed by atoms with van der Waals surface area (Å²) in [6.45, 7) is -1.16. The Labute approximate surface area is 109 Å². The topological polar surface area (TPSA) is 69.4 Å². The quantitative estimate of drug-likeness (QED) is 0.896. The maximum Gasteiger partial charge on any atom is 0.396 e. The Morgan fingerprint density at radius 3 is 2.16 bits per heavy atom. The SMILES string of the molecule is CS(=O)(=O)c1ccc(OCC(CN)C(F)(F)F)cc1. The summed E-state index contributed by atoms with van der Waals surface area (Å²) in [6.07, 6.45) is -3.38. The van der Waals surface area contributed by atoms with Crippen LogP contribution in [0.5, 0.6) is 5.75 Å². The van der Waals surface area contributed by atoms with E-state index in [-0.39, 0.29) is 10.6 Å². The lowest BCUT2D eigenvalue weighted by Gasteiger charge is -2.18. The Hall–Kier alpha value is -1.28. The van der Waals surface area contributed by atoms with Crippen LogP contribution in [0.2, 0.25) is 0 Å². The van der Waals surface area contributed by atoms with E-state index in [0.29, 0.717) is 0 Å². The zero-order valence-corrected chi connectivity index (χ0v) is 11.0. The Morgan fingerprint density at radius 2 is 1.79 bits per heavy atom. The molecule has 0 saturated heterocycles. The van der Waals surface area contributed by atoms with Gasteiger partial charge in [0.2, 0.25) is 0 Å². The Bertz CT molecular complexity index is 511. The molecule has 0 bridgehead atoms. The average Bonchev–Trinajstić information content (AvgIpc) is 2.27. The van der Waals surface area contributed by atoms with E-state index in [4.69, 9.17) is 10.5 Å². The fourth-order valence-corrected chi connectivity index (χ4v) is 1.91. The number of nitrogens with two attached hydrogens (primary N) is 1. The van der Waals surface area contributed by atoms with Crippen molar-refractivity contribution < 1.29 is 26.3 Å². The molecule has 1 aromatic rings. The van der Waals surface area contributed by atoms with Crippen LogP contribution in [0, 0.1) is 5.92 Å². The van der Waals surface area contributed by atoms with E-state index >= 15 is 0 Å².